The lowest BCUT2D eigenvalue weighted by Gasteiger charge is -2.22. The van der Waals surface area contributed by atoms with E-state index in [0.29, 0.717) is 26.1 Å². The summed E-state index contributed by atoms with van der Waals surface area (Å²) in [6, 6.07) is 1.92. The normalized spacial score (nSPS) is 21.9. The molecule has 2 amide bonds. The van der Waals surface area contributed by atoms with Gasteiger partial charge >= 0.3 is 12.0 Å². The molecule has 6 heteroatoms. The number of hydrogen-bond donors (Lipinski definition) is 1. The molecule has 0 unspecified atom stereocenters. The molecule has 0 saturated carbocycles. The van der Waals surface area contributed by atoms with Crippen molar-refractivity contribution in [2.24, 2.45) is 5.41 Å². The number of hydrogen-bond acceptors (Lipinski definition) is 4. The fraction of sp³-hybridized carbons (Fsp3) is 0.571. The van der Waals surface area contributed by atoms with Crippen LogP contribution in [0.2, 0.25) is 0 Å². The molecule has 1 atom stereocenters. The highest BCUT2D eigenvalue weighted by Crippen LogP contribution is 2.31. The summed E-state index contributed by atoms with van der Waals surface area (Å²) in [5.41, 5.74) is 0.612. The van der Waals surface area contributed by atoms with Gasteiger partial charge in [0.15, 0.2) is 0 Å². The largest absolute Gasteiger partial charge is 0.469 e. The van der Waals surface area contributed by atoms with Gasteiger partial charge in [-0.15, -0.1) is 11.3 Å². The third-order valence-corrected chi connectivity index (χ3v) is 4.83. The zero-order valence-electron chi connectivity index (χ0n) is 12.1. The average Bonchev–Trinajstić information content (AvgIpc) is 3.02. The minimum atomic E-state index is -0.578. The van der Waals surface area contributed by atoms with Gasteiger partial charge in [0.1, 0.15) is 0 Å². The summed E-state index contributed by atoms with van der Waals surface area (Å²) in [6.07, 6.45) is 0.644. The standard InChI is InChI=1S/C14H20N2O3S/c1-10-4-7-20-11(10)8-15-13(18)16-6-5-14(2,9-16)12(17)19-3/h4,7H,5-6,8-9H2,1-3H3,(H,15,18)/t14-/m1/s1. The number of carbonyl (C=O) groups is 2. The van der Waals surface area contributed by atoms with Crippen LogP contribution in [0, 0.1) is 12.3 Å². The van der Waals surface area contributed by atoms with Crippen molar-refractivity contribution >= 4 is 23.3 Å². The fourth-order valence-corrected chi connectivity index (χ4v) is 3.25. The number of nitrogens with zero attached hydrogens (tertiary/aromatic N) is 1. The Hall–Kier alpha value is -1.56. The Bertz CT molecular complexity index is 514. The molecule has 0 bridgehead atoms. The molecule has 1 aromatic heterocycles. The number of likely N-dealkylation sites (tertiary alicyclic amines) is 1. The van der Waals surface area contributed by atoms with Gasteiger partial charge in [-0.2, -0.15) is 0 Å². The zero-order chi connectivity index (χ0) is 14.8. The van der Waals surface area contributed by atoms with E-state index in [2.05, 4.69) is 5.32 Å². The highest BCUT2D eigenvalue weighted by atomic mass is 32.1. The predicted octanol–water partition coefficient (Wildman–Crippen LogP) is 2.15. The van der Waals surface area contributed by atoms with Gasteiger partial charge in [-0.05, 0) is 37.3 Å². The zero-order valence-corrected chi connectivity index (χ0v) is 12.9. The quantitative estimate of drug-likeness (QED) is 0.870. The van der Waals surface area contributed by atoms with E-state index >= 15 is 0 Å². The molecule has 2 rings (SSSR count). The maximum absolute atomic E-state index is 12.1. The van der Waals surface area contributed by atoms with Crippen LogP contribution in [-0.4, -0.2) is 37.1 Å². The van der Waals surface area contributed by atoms with Crippen LogP contribution in [0.5, 0.6) is 0 Å². The smallest absolute Gasteiger partial charge is 0.317 e. The van der Waals surface area contributed by atoms with E-state index in [4.69, 9.17) is 4.74 Å². The lowest BCUT2D eigenvalue weighted by atomic mass is 9.90. The van der Waals surface area contributed by atoms with E-state index in [-0.39, 0.29) is 12.0 Å². The first-order valence-electron chi connectivity index (χ1n) is 6.60. The molecular formula is C14H20N2O3S. The maximum Gasteiger partial charge on any atom is 0.317 e. The number of esters is 1. The Morgan fingerprint density at radius 1 is 1.55 bits per heavy atom. The predicted molar refractivity (Wildman–Crippen MR) is 77.6 cm³/mol. The molecule has 0 aliphatic carbocycles. The van der Waals surface area contributed by atoms with Crippen molar-refractivity contribution in [1.82, 2.24) is 10.2 Å². The number of urea groups is 1. The van der Waals surface area contributed by atoms with Gasteiger partial charge in [0.05, 0.1) is 19.1 Å². The van der Waals surface area contributed by atoms with E-state index in [1.54, 1.807) is 16.2 Å². The van der Waals surface area contributed by atoms with E-state index in [1.165, 1.54) is 12.7 Å². The fourth-order valence-electron chi connectivity index (χ4n) is 2.40. The Kier molecular flexibility index (Phi) is 4.32. The van der Waals surface area contributed by atoms with Crippen LogP contribution in [0.1, 0.15) is 23.8 Å². The third kappa shape index (κ3) is 2.95. The summed E-state index contributed by atoms with van der Waals surface area (Å²) < 4.78 is 4.80. The molecule has 5 nitrogen and oxygen atoms in total. The van der Waals surface area contributed by atoms with E-state index < -0.39 is 5.41 Å². The van der Waals surface area contributed by atoms with Crippen LogP contribution in [0.3, 0.4) is 0 Å². The number of thiophene rings is 1. The van der Waals surface area contributed by atoms with Gasteiger partial charge in [0.2, 0.25) is 0 Å². The van der Waals surface area contributed by atoms with E-state index in [1.807, 2.05) is 25.3 Å². The van der Waals surface area contributed by atoms with Crippen molar-refractivity contribution in [2.45, 2.75) is 26.8 Å². The van der Waals surface area contributed by atoms with E-state index in [9.17, 15) is 9.59 Å². The summed E-state index contributed by atoms with van der Waals surface area (Å²) in [5.74, 6) is -0.248. The molecule has 0 aromatic carbocycles. The van der Waals surface area contributed by atoms with Gasteiger partial charge < -0.3 is 15.0 Å². The molecule has 1 aliphatic rings. The van der Waals surface area contributed by atoms with Gasteiger partial charge in [-0.3, -0.25) is 4.79 Å². The van der Waals surface area contributed by atoms with Crippen molar-refractivity contribution in [2.75, 3.05) is 20.2 Å². The highest BCUT2D eigenvalue weighted by Gasteiger charge is 2.42. The van der Waals surface area contributed by atoms with Crippen LogP contribution < -0.4 is 5.32 Å². The molecule has 1 aliphatic heterocycles. The molecular weight excluding hydrogens is 276 g/mol. The number of carbonyl (C=O) groups excluding carboxylic acids is 2. The highest BCUT2D eigenvalue weighted by molar-refractivity contribution is 7.10. The molecule has 1 N–H and O–H groups in total. The van der Waals surface area contributed by atoms with Crippen molar-refractivity contribution in [1.29, 1.82) is 0 Å². The van der Waals surface area contributed by atoms with Crippen LogP contribution in [-0.2, 0) is 16.1 Å². The van der Waals surface area contributed by atoms with Gasteiger partial charge in [0, 0.05) is 18.0 Å². The number of aryl methyl sites for hydroxylation is 1. The molecule has 20 heavy (non-hydrogen) atoms. The molecule has 1 aromatic rings. The second-order valence-electron chi connectivity index (χ2n) is 5.41. The van der Waals surface area contributed by atoms with Crippen LogP contribution in [0.4, 0.5) is 4.79 Å². The summed E-state index contributed by atoms with van der Waals surface area (Å²) in [7, 11) is 1.38. The van der Waals surface area contributed by atoms with Crippen molar-refractivity contribution in [3.05, 3.63) is 21.9 Å². The first-order chi connectivity index (χ1) is 9.46. The Morgan fingerprint density at radius 2 is 2.30 bits per heavy atom. The van der Waals surface area contributed by atoms with Crippen molar-refractivity contribution in [3.8, 4) is 0 Å². The number of methoxy groups -OCH3 is 1. The molecule has 2 heterocycles. The summed E-state index contributed by atoms with van der Waals surface area (Å²) in [6.45, 7) is 5.40. The van der Waals surface area contributed by atoms with Crippen LogP contribution in [0.25, 0.3) is 0 Å². The molecule has 1 saturated heterocycles. The Balaban J connectivity index is 1.89. The third-order valence-electron chi connectivity index (χ3n) is 3.81. The lowest BCUT2D eigenvalue weighted by Crippen LogP contribution is -2.40. The molecule has 110 valence electrons. The maximum atomic E-state index is 12.1. The first-order valence-corrected chi connectivity index (χ1v) is 7.48. The lowest BCUT2D eigenvalue weighted by molar-refractivity contribution is -0.150. The average molecular weight is 296 g/mol. The summed E-state index contributed by atoms with van der Waals surface area (Å²) in [5, 5.41) is 4.92. The number of ether oxygens (including phenoxy) is 1. The minimum absolute atomic E-state index is 0.120. The number of rotatable bonds is 3. The van der Waals surface area contributed by atoms with Crippen molar-refractivity contribution < 1.29 is 14.3 Å². The second kappa shape index (κ2) is 5.83. The molecule has 0 spiro atoms. The van der Waals surface area contributed by atoms with Gasteiger partial charge in [-0.1, -0.05) is 0 Å². The molecule has 0 radical (unpaired) electrons. The SMILES string of the molecule is COC(=O)[C@]1(C)CCN(C(=O)NCc2sccc2C)C1. The van der Waals surface area contributed by atoms with Crippen LogP contribution in [0.15, 0.2) is 11.4 Å². The number of amides is 2. The first kappa shape index (κ1) is 14.8. The Morgan fingerprint density at radius 3 is 2.90 bits per heavy atom. The van der Waals surface area contributed by atoms with Crippen LogP contribution >= 0.6 is 11.3 Å². The van der Waals surface area contributed by atoms with Crippen molar-refractivity contribution in [3.63, 3.8) is 0 Å². The topological polar surface area (TPSA) is 58.6 Å². The Labute approximate surface area is 122 Å². The van der Waals surface area contributed by atoms with Gasteiger partial charge in [-0.25, -0.2) is 4.79 Å². The minimum Gasteiger partial charge on any atom is -0.469 e. The van der Waals surface area contributed by atoms with E-state index in [0.717, 1.165) is 4.88 Å². The molecule has 1 fully saturated rings. The summed E-state index contributed by atoms with van der Waals surface area (Å²) >= 11 is 1.64. The monoisotopic (exact) mass is 296 g/mol. The number of nitrogens with one attached hydrogen (secondary N) is 1. The second-order valence-corrected chi connectivity index (χ2v) is 6.41. The van der Waals surface area contributed by atoms with Gasteiger partial charge in [0.25, 0.3) is 0 Å². The summed E-state index contributed by atoms with van der Waals surface area (Å²) in [4.78, 5) is 26.7.